The van der Waals surface area contributed by atoms with Gasteiger partial charge in [0.1, 0.15) is 5.60 Å². The fourth-order valence-electron chi connectivity index (χ4n) is 1.93. The molecule has 2 heterocycles. The molecule has 7 nitrogen and oxygen atoms in total. The minimum Gasteiger partial charge on any atom is -0.383 e. The van der Waals surface area contributed by atoms with E-state index in [4.69, 9.17) is 0 Å². The quantitative estimate of drug-likeness (QED) is 0.756. The summed E-state index contributed by atoms with van der Waals surface area (Å²) in [5, 5.41) is 22.2. The monoisotopic (exact) mass is 323 g/mol. The Balaban J connectivity index is 1.86. The van der Waals surface area contributed by atoms with Gasteiger partial charge in [0, 0.05) is 24.2 Å². The second kappa shape index (κ2) is 6.89. The standard InChI is InChI=1S/C14H21N5O2S/c1-4-5-11-8-22-13(17-11)18-12(20)15-9-14(2,21)10-6-16-19(3)7-10/h6-8,21H,4-5,9H2,1-3H3,(H2,15,17,18,20). The Morgan fingerprint density at radius 3 is 2.95 bits per heavy atom. The highest BCUT2D eigenvalue weighted by atomic mass is 32.1. The molecule has 2 amide bonds. The number of aliphatic hydroxyl groups is 1. The molecule has 2 aromatic rings. The van der Waals surface area contributed by atoms with Gasteiger partial charge in [-0.2, -0.15) is 5.10 Å². The molecule has 0 spiro atoms. The number of aromatic nitrogens is 3. The van der Waals surface area contributed by atoms with Gasteiger partial charge >= 0.3 is 6.03 Å². The van der Waals surface area contributed by atoms with Gasteiger partial charge < -0.3 is 10.4 Å². The molecule has 8 heteroatoms. The summed E-state index contributed by atoms with van der Waals surface area (Å²) < 4.78 is 1.61. The summed E-state index contributed by atoms with van der Waals surface area (Å²) >= 11 is 1.39. The van der Waals surface area contributed by atoms with Crippen LogP contribution in [0.25, 0.3) is 0 Å². The second-order valence-corrected chi connectivity index (χ2v) is 6.24. The predicted molar refractivity (Wildman–Crippen MR) is 85.9 cm³/mol. The third-order valence-corrected chi connectivity index (χ3v) is 4.00. The second-order valence-electron chi connectivity index (χ2n) is 5.38. The van der Waals surface area contributed by atoms with Gasteiger partial charge in [0.05, 0.1) is 18.4 Å². The number of nitrogens with one attached hydrogen (secondary N) is 2. The number of carbonyl (C=O) groups is 1. The lowest BCUT2D eigenvalue weighted by Gasteiger charge is -2.22. The average molecular weight is 323 g/mol. The third-order valence-electron chi connectivity index (χ3n) is 3.20. The van der Waals surface area contributed by atoms with Crippen molar-refractivity contribution in [3.8, 4) is 0 Å². The highest BCUT2D eigenvalue weighted by Gasteiger charge is 2.25. The third kappa shape index (κ3) is 4.28. The van der Waals surface area contributed by atoms with E-state index in [2.05, 4.69) is 27.6 Å². The van der Waals surface area contributed by atoms with Crippen molar-refractivity contribution in [1.29, 1.82) is 0 Å². The van der Waals surface area contributed by atoms with Crippen LogP contribution in [0.5, 0.6) is 0 Å². The molecule has 0 aliphatic carbocycles. The molecule has 0 saturated heterocycles. The lowest BCUT2D eigenvalue weighted by molar-refractivity contribution is 0.0599. The van der Waals surface area contributed by atoms with Crippen molar-refractivity contribution in [2.24, 2.45) is 7.05 Å². The van der Waals surface area contributed by atoms with E-state index in [-0.39, 0.29) is 12.6 Å². The fraction of sp³-hybridized carbons (Fsp3) is 0.500. The van der Waals surface area contributed by atoms with Gasteiger partial charge in [-0.25, -0.2) is 9.78 Å². The van der Waals surface area contributed by atoms with Crippen LogP contribution in [-0.4, -0.2) is 32.4 Å². The number of aryl methyl sites for hydroxylation is 2. The first-order valence-corrected chi connectivity index (χ1v) is 7.99. The van der Waals surface area contributed by atoms with Crippen molar-refractivity contribution in [1.82, 2.24) is 20.1 Å². The van der Waals surface area contributed by atoms with Gasteiger partial charge in [-0.1, -0.05) is 13.3 Å². The zero-order chi connectivity index (χ0) is 16.2. The van der Waals surface area contributed by atoms with Crippen molar-refractivity contribution in [3.63, 3.8) is 0 Å². The van der Waals surface area contributed by atoms with Gasteiger partial charge in [-0.05, 0) is 13.3 Å². The molecular formula is C14H21N5O2S. The fourth-order valence-corrected chi connectivity index (χ4v) is 2.67. The SMILES string of the molecule is CCCc1csc(NC(=O)NCC(C)(O)c2cnn(C)c2)n1. The Hall–Kier alpha value is -1.93. The van der Waals surface area contributed by atoms with Crippen molar-refractivity contribution in [2.75, 3.05) is 11.9 Å². The topological polar surface area (TPSA) is 92.1 Å². The molecule has 120 valence electrons. The maximum atomic E-state index is 11.9. The van der Waals surface area contributed by atoms with Gasteiger partial charge in [-0.15, -0.1) is 11.3 Å². The van der Waals surface area contributed by atoms with Crippen LogP contribution in [0.4, 0.5) is 9.93 Å². The number of amides is 2. The molecule has 2 aromatic heterocycles. The van der Waals surface area contributed by atoms with E-state index >= 15 is 0 Å². The van der Waals surface area contributed by atoms with E-state index < -0.39 is 5.60 Å². The number of thiazole rings is 1. The number of hydrogen-bond acceptors (Lipinski definition) is 5. The minimum absolute atomic E-state index is 0.0811. The first-order chi connectivity index (χ1) is 10.4. The number of rotatable bonds is 6. The molecule has 1 unspecified atom stereocenters. The van der Waals surface area contributed by atoms with Crippen LogP contribution < -0.4 is 10.6 Å². The molecule has 2 rings (SSSR count). The van der Waals surface area contributed by atoms with Crippen molar-refractivity contribution in [3.05, 3.63) is 29.0 Å². The summed E-state index contributed by atoms with van der Waals surface area (Å²) in [6, 6.07) is -0.387. The largest absolute Gasteiger partial charge is 0.383 e. The van der Waals surface area contributed by atoms with E-state index in [1.807, 2.05) is 5.38 Å². The molecule has 0 aromatic carbocycles. The molecule has 22 heavy (non-hydrogen) atoms. The normalized spacial score (nSPS) is 13.6. The lowest BCUT2D eigenvalue weighted by Crippen LogP contribution is -2.40. The Labute approximate surface area is 133 Å². The van der Waals surface area contributed by atoms with Gasteiger partial charge in [-0.3, -0.25) is 10.00 Å². The summed E-state index contributed by atoms with van der Waals surface area (Å²) in [5.41, 5.74) is 0.446. The maximum absolute atomic E-state index is 11.9. The van der Waals surface area contributed by atoms with E-state index in [0.29, 0.717) is 10.7 Å². The highest BCUT2D eigenvalue weighted by Crippen LogP contribution is 2.19. The van der Waals surface area contributed by atoms with E-state index in [0.717, 1.165) is 18.5 Å². The number of anilines is 1. The summed E-state index contributed by atoms with van der Waals surface area (Å²) in [4.78, 5) is 16.2. The predicted octanol–water partition coefficient (Wildman–Crippen LogP) is 1.86. The first-order valence-electron chi connectivity index (χ1n) is 7.11. The van der Waals surface area contributed by atoms with Crippen LogP contribution >= 0.6 is 11.3 Å². The molecule has 1 atom stereocenters. The maximum Gasteiger partial charge on any atom is 0.321 e. The molecule has 0 saturated carbocycles. The molecule has 0 aliphatic heterocycles. The Morgan fingerprint density at radius 1 is 1.55 bits per heavy atom. The summed E-state index contributed by atoms with van der Waals surface area (Å²) in [6.07, 6.45) is 5.22. The van der Waals surface area contributed by atoms with E-state index in [9.17, 15) is 9.90 Å². The van der Waals surface area contributed by atoms with E-state index in [1.54, 1.807) is 31.0 Å². The van der Waals surface area contributed by atoms with Gasteiger partial charge in [0.15, 0.2) is 5.13 Å². The molecular weight excluding hydrogens is 302 g/mol. The van der Waals surface area contributed by atoms with Crippen LogP contribution in [-0.2, 0) is 19.1 Å². The summed E-state index contributed by atoms with van der Waals surface area (Å²) in [6.45, 7) is 3.80. The Kier molecular flexibility index (Phi) is 5.15. The zero-order valence-electron chi connectivity index (χ0n) is 13.0. The Morgan fingerprint density at radius 2 is 2.32 bits per heavy atom. The average Bonchev–Trinajstić information content (AvgIpc) is 3.07. The lowest BCUT2D eigenvalue weighted by atomic mass is 10.00. The molecule has 0 fully saturated rings. The summed E-state index contributed by atoms with van der Waals surface area (Å²) in [5.74, 6) is 0. The highest BCUT2D eigenvalue weighted by molar-refractivity contribution is 7.13. The zero-order valence-corrected chi connectivity index (χ0v) is 13.8. The van der Waals surface area contributed by atoms with Gasteiger partial charge in [0.25, 0.3) is 0 Å². The minimum atomic E-state index is -1.18. The number of carbonyl (C=O) groups excluding carboxylic acids is 1. The van der Waals surface area contributed by atoms with Crippen LogP contribution in [0.2, 0.25) is 0 Å². The smallest absolute Gasteiger partial charge is 0.321 e. The van der Waals surface area contributed by atoms with Crippen LogP contribution in [0.3, 0.4) is 0 Å². The van der Waals surface area contributed by atoms with Crippen LogP contribution in [0, 0.1) is 0 Å². The van der Waals surface area contributed by atoms with Crippen molar-refractivity contribution in [2.45, 2.75) is 32.3 Å². The molecule has 3 N–H and O–H groups in total. The summed E-state index contributed by atoms with van der Waals surface area (Å²) in [7, 11) is 1.77. The van der Waals surface area contributed by atoms with Gasteiger partial charge in [0.2, 0.25) is 0 Å². The van der Waals surface area contributed by atoms with Crippen molar-refractivity contribution < 1.29 is 9.90 Å². The molecule has 0 aliphatic rings. The first kappa shape index (κ1) is 16.4. The molecule has 0 bridgehead atoms. The van der Waals surface area contributed by atoms with Crippen LogP contribution in [0.1, 0.15) is 31.5 Å². The van der Waals surface area contributed by atoms with E-state index in [1.165, 1.54) is 11.3 Å². The molecule has 0 radical (unpaired) electrons. The number of nitrogens with zero attached hydrogens (tertiary/aromatic N) is 3. The van der Waals surface area contributed by atoms with Crippen molar-refractivity contribution >= 4 is 22.5 Å². The van der Waals surface area contributed by atoms with Crippen LogP contribution in [0.15, 0.2) is 17.8 Å². The number of hydrogen-bond donors (Lipinski definition) is 3. The number of urea groups is 1. The Bertz CT molecular complexity index is 635.